The van der Waals surface area contributed by atoms with Crippen LogP contribution in [0.5, 0.6) is 0 Å². The number of rotatable bonds is 3. The number of carbonyl (C=O) groups excluding carboxylic acids is 1. The Balaban J connectivity index is 2.49. The molecule has 6 heteroatoms. The molecule has 0 spiro atoms. The van der Waals surface area contributed by atoms with E-state index in [0.717, 1.165) is 5.56 Å². The number of nitrogens with zero attached hydrogens (tertiary/aromatic N) is 2. The summed E-state index contributed by atoms with van der Waals surface area (Å²) >= 11 is 3.05. The molecule has 1 heterocycles. The zero-order chi connectivity index (χ0) is 13.8. The Bertz CT molecular complexity index is 653. The largest absolute Gasteiger partial charge is 0.310 e. The number of hydrogen-bond donors (Lipinski definition) is 1. The number of nitrogens with one attached hydrogen (secondary N) is 1. The van der Waals surface area contributed by atoms with Crippen LogP contribution in [0.4, 0.5) is 5.82 Å². The molecule has 1 aromatic carbocycles. The minimum absolute atomic E-state index is 0.157. The van der Waals surface area contributed by atoms with Crippen LogP contribution in [0.15, 0.2) is 41.2 Å². The molecule has 2 rings (SSSR count). The van der Waals surface area contributed by atoms with E-state index in [1.54, 1.807) is 7.05 Å². The highest BCUT2D eigenvalue weighted by atomic mass is 79.9. The molecular formula is C13H12BrN3O2. The standard InChI is InChI=1S/C13H12BrN3O2/c1-17-12(19)7-10(15-11(18)8-14)16-13(17)9-5-3-2-4-6-9/h2-7H,8H2,1H3,(H,15,18). The number of carbonyl (C=O) groups is 1. The molecule has 2 aromatic rings. The second-order valence-corrected chi connectivity index (χ2v) is 4.47. The van der Waals surface area contributed by atoms with Gasteiger partial charge in [0.2, 0.25) is 5.91 Å². The van der Waals surface area contributed by atoms with Gasteiger partial charge in [0.25, 0.3) is 5.56 Å². The topological polar surface area (TPSA) is 64.0 Å². The number of benzene rings is 1. The highest BCUT2D eigenvalue weighted by Crippen LogP contribution is 2.16. The van der Waals surface area contributed by atoms with Gasteiger partial charge in [0.05, 0.1) is 5.33 Å². The van der Waals surface area contributed by atoms with Crippen molar-refractivity contribution < 1.29 is 4.79 Å². The van der Waals surface area contributed by atoms with Crippen LogP contribution in [0, 0.1) is 0 Å². The molecule has 0 fully saturated rings. The zero-order valence-corrected chi connectivity index (χ0v) is 11.8. The fourth-order valence-electron chi connectivity index (χ4n) is 1.63. The maximum Gasteiger partial charge on any atom is 0.255 e. The Morgan fingerprint density at radius 3 is 2.68 bits per heavy atom. The highest BCUT2D eigenvalue weighted by Gasteiger charge is 2.09. The number of alkyl halides is 1. The summed E-state index contributed by atoms with van der Waals surface area (Å²) in [5.41, 5.74) is 0.593. The van der Waals surface area contributed by atoms with Gasteiger partial charge in [0.15, 0.2) is 0 Å². The Morgan fingerprint density at radius 2 is 2.05 bits per heavy atom. The molecule has 98 valence electrons. The molecule has 0 saturated carbocycles. The predicted octanol–water partition coefficient (Wildman–Crippen LogP) is 1.78. The number of hydrogen-bond acceptors (Lipinski definition) is 3. The van der Waals surface area contributed by atoms with E-state index in [1.807, 2.05) is 30.3 Å². The Kier molecular flexibility index (Phi) is 4.11. The SMILES string of the molecule is Cn1c(-c2ccccc2)nc(NC(=O)CBr)cc1=O. The molecule has 0 radical (unpaired) electrons. The first kappa shape index (κ1) is 13.5. The molecular weight excluding hydrogens is 310 g/mol. The van der Waals surface area contributed by atoms with Crippen LogP contribution >= 0.6 is 15.9 Å². The predicted molar refractivity (Wildman–Crippen MR) is 77.3 cm³/mol. The summed E-state index contributed by atoms with van der Waals surface area (Å²) in [5, 5.41) is 2.72. The van der Waals surface area contributed by atoms with Crippen molar-refractivity contribution in [2.24, 2.45) is 7.05 Å². The summed E-state index contributed by atoms with van der Waals surface area (Å²) < 4.78 is 1.44. The maximum absolute atomic E-state index is 11.9. The van der Waals surface area contributed by atoms with E-state index in [4.69, 9.17) is 0 Å². The zero-order valence-electron chi connectivity index (χ0n) is 10.3. The summed E-state index contributed by atoms with van der Waals surface area (Å²) in [6.07, 6.45) is 0. The molecule has 0 atom stereocenters. The van der Waals surface area contributed by atoms with Gasteiger partial charge in [0, 0.05) is 18.7 Å². The summed E-state index contributed by atoms with van der Waals surface area (Å²) in [4.78, 5) is 27.5. The van der Waals surface area contributed by atoms with E-state index in [0.29, 0.717) is 5.82 Å². The van der Waals surface area contributed by atoms with Crippen LogP contribution in [0.1, 0.15) is 0 Å². The van der Waals surface area contributed by atoms with Crippen molar-refractivity contribution in [1.29, 1.82) is 0 Å². The lowest BCUT2D eigenvalue weighted by atomic mass is 10.2. The third-order valence-electron chi connectivity index (χ3n) is 2.56. The first-order chi connectivity index (χ1) is 9.11. The smallest absolute Gasteiger partial charge is 0.255 e. The van der Waals surface area contributed by atoms with E-state index in [9.17, 15) is 9.59 Å². The van der Waals surface area contributed by atoms with Gasteiger partial charge in [-0.15, -0.1) is 0 Å². The third kappa shape index (κ3) is 3.08. The van der Waals surface area contributed by atoms with Gasteiger partial charge in [0.1, 0.15) is 11.6 Å². The summed E-state index contributed by atoms with van der Waals surface area (Å²) in [7, 11) is 1.65. The van der Waals surface area contributed by atoms with Gasteiger partial charge < -0.3 is 5.32 Å². The van der Waals surface area contributed by atoms with Crippen molar-refractivity contribution in [3.8, 4) is 11.4 Å². The Labute approximate surface area is 118 Å². The lowest BCUT2D eigenvalue weighted by Gasteiger charge is -2.09. The van der Waals surface area contributed by atoms with E-state index >= 15 is 0 Å². The highest BCUT2D eigenvalue weighted by molar-refractivity contribution is 9.09. The Hall–Kier alpha value is -1.95. The molecule has 0 aliphatic carbocycles. The second-order valence-electron chi connectivity index (χ2n) is 3.91. The van der Waals surface area contributed by atoms with Crippen LogP contribution in [0.3, 0.4) is 0 Å². The summed E-state index contributed by atoms with van der Waals surface area (Å²) in [5.74, 6) is 0.518. The number of amides is 1. The molecule has 1 N–H and O–H groups in total. The summed E-state index contributed by atoms with van der Waals surface area (Å²) in [6.45, 7) is 0. The van der Waals surface area contributed by atoms with E-state index < -0.39 is 0 Å². The molecule has 1 amide bonds. The molecule has 19 heavy (non-hydrogen) atoms. The van der Waals surface area contributed by atoms with Crippen LogP contribution < -0.4 is 10.9 Å². The summed E-state index contributed by atoms with van der Waals surface area (Å²) in [6, 6.07) is 10.6. The molecule has 5 nitrogen and oxygen atoms in total. The van der Waals surface area contributed by atoms with Gasteiger partial charge in [-0.2, -0.15) is 0 Å². The fourth-order valence-corrected chi connectivity index (χ4v) is 1.77. The maximum atomic E-state index is 11.9. The molecule has 0 bridgehead atoms. The molecule has 0 saturated heterocycles. The van der Waals surface area contributed by atoms with Crippen molar-refractivity contribution >= 4 is 27.7 Å². The van der Waals surface area contributed by atoms with E-state index in [2.05, 4.69) is 26.2 Å². The first-order valence-corrected chi connectivity index (χ1v) is 6.73. The van der Waals surface area contributed by atoms with Crippen LogP contribution in [-0.4, -0.2) is 20.8 Å². The first-order valence-electron chi connectivity index (χ1n) is 5.61. The molecule has 0 aliphatic heterocycles. The van der Waals surface area contributed by atoms with Crippen LogP contribution in [0.25, 0.3) is 11.4 Å². The minimum Gasteiger partial charge on any atom is -0.310 e. The van der Waals surface area contributed by atoms with Gasteiger partial charge >= 0.3 is 0 Å². The second kappa shape index (κ2) is 5.79. The lowest BCUT2D eigenvalue weighted by Crippen LogP contribution is -2.22. The monoisotopic (exact) mass is 321 g/mol. The van der Waals surface area contributed by atoms with Crippen LogP contribution in [-0.2, 0) is 11.8 Å². The Morgan fingerprint density at radius 1 is 1.37 bits per heavy atom. The van der Waals surface area contributed by atoms with Crippen molar-refractivity contribution in [2.75, 3.05) is 10.6 Å². The van der Waals surface area contributed by atoms with Gasteiger partial charge in [-0.05, 0) is 0 Å². The average Bonchev–Trinajstić information content (AvgIpc) is 2.43. The van der Waals surface area contributed by atoms with E-state index in [-0.39, 0.29) is 22.6 Å². The fraction of sp³-hybridized carbons (Fsp3) is 0.154. The lowest BCUT2D eigenvalue weighted by molar-refractivity contribution is -0.113. The van der Waals surface area contributed by atoms with Gasteiger partial charge in [-0.25, -0.2) is 4.98 Å². The molecule has 1 aromatic heterocycles. The van der Waals surface area contributed by atoms with Crippen LogP contribution in [0.2, 0.25) is 0 Å². The minimum atomic E-state index is -0.250. The number of aromatic nitrogens is 2. The quantitative estimate of drug-likeness (QED) is 0.876. The van der Waals surface area contributed by atoms with Crippen molar-refractivity contribution in [2.45, 2.75) is 0 Å². The van der Waals surface area contributed by atoms with Gasteiger partial charge in [-0.1, -0.05) is 46.3 Å². The molecule has 0 aliphatic rings. The van der Waals surface area contributed by atoms with Gasteiger partial charge in [-0.3, -0.25) is 14.2 Å². The van der Waals surface area contributed by atoms with Crippen molar-refractivity contribution in [3.63, 3.8) is 0 Å². The van der Waals surface area contributed by atoms with E-state index in [1.165, 1.54) is 10.6 Å². The number of halogens is 1. The number of anilines is 1. The van der Waals surface area contributed by atoms with Crippen molar-refractivity contribution in [1.82, 2.24) is 9.55 Å². The average molecular weight is 322 g/mol. The normalized spacial score (nSPS) is 10.2. The molecule has 0 unspecified atom stereocenters. The van der Waals surface area contributed by atoms with Crippen molar-refractivity contribution in [3.05, 3.63) is 46.8 Å². The third-order valence-corrected chi connectivity index (χ3v) is 3.06.